The highest BCUT2D eigenvalue weighted by Gasteiger charge is 2.78. The molecule has 1 saturated heterocycles. The number of rotatable bonds is 10. The normalized spacial score (nSPS) is 34.1. The predicted octanol–water partition coefficient (Wildman–Crippen LogP) is 3.16. The second-order valence-corrected chi connectivity index (χ2v) is 18.4. The molecule has 11 atom stereocenters. The molecule has 2 saturated carbocycles. The number of amides is 1. The Balaban J connectivity index is 1.97. The molecule has 0 aromatic rings. The Labute approximate surface area is 334 Å². The van der Waals surface area contributed by atoms with Crippen molar-refractivity contribution in [2.75, 3.05) is 6.61 Å². The number of hydrogen-bond acceptors (Lipinski definition) is 15. The largest absolute Gasteiger partial charge is 0.456 e. The van der Waals surface area contributed by atoms with E-state index in [0.717, 1.165) is 13.8 Å². The van der Waals surface area contributed by atoms with Crippen molar-refractivity contribution in [2.24, 2.45) is 22.7 Å². The molecular weight excluding hydrogens is 746 g/mol. The van der Waals surface area contributed by atoms with Crippen molar-refractivity contribution in [3.8, 4) is 0 Å². The Bertz CT molecular complexity index is 1700. The summed E-state index contributed by atoms with van der Waals surface area (Å²) in [6, 6.07) is -1.18. The molecule has 2 unspecified atom stereocenters. The Hall–Kier alpha value is -3.86. The Morgan fingerprint density at radius 1 is 1.00 bits per heavy atom. The molecular formula is C41H61NO15. The van der Waals surface area contributed by atoms with Crippen LogP contribution < -0.4 is 5.32 Å². The van der Waals surface area contributed by atoms with E-state index < -0.39 is 118 Å². The quantitative estimate of drug-likeness (QED) is 0.108. The first-order valence-electron chi connectivity index (χ1n) is 19.4. The van der Waals surface area contributed by atoms with Gasteiger partial charge in [0.05, 0.1) is 30.1 Å². The van der Waals surface area contributed by atoms with E-state index in [4.69, 9.17) is 28.4 Å². The third-order valence-electron chi connectivity index (χ3n) is 11.9. The van der Waals surface area contributed by atoms with Gasteiger partial charge >= 0.3 is 30.0 Å². The summed E-state index contributed by atoms with van der Waals surface area (Å²) in [5.74, 6) is -6.26. The summed E-state index contributed by atoms with van der Waals surface area (Å²) < 4.78 is 35.2. The van der Waals surface area contributed by atoms with Crippen molar-refractivity contribution in [2.45, 2.75) is 169 Å². The smallest absolute Gasteiger partial charge is 0.407 e. The first-order valence-corrected chi connectivity index (χ1v) is 19.4. The maximum absolute atomic E-state index is 15.3. The number of Topliss-reactive ketones (excluding diaryl/α,β-unsaturated/α-hetero) is 1. The summed E-state index contributed by atoms with van der Waals surface area (Å²) in [6.45, 7) is 19.9. The van der Waals surface area contributed by atoms with Gasteiger partial charge in [0.2, 0.25) is 0 Å². The second kappa shape index (κ2) is 16.1. The van der Waals surface area contributed by atoms with Crippen LogP contribution in [0.4, 0.5) is 4.79 Å². The van der Waals surface area contributed by atoms with Crippen LogP contribution in [-0.2, 0) is 52.4 Å². The van der Waals surface area contributed by atoms with Crippen molar-refractivity contribution in [1.29, 1.82) is 0 Å². The van der Waals surface area contributed by atoms with Crippen molar-refractivity contribution >= 4 is 35.8 Å². The van der Waals surface area contributed by atoms with E-state index in [1.165, 1.54) is 19.9 Å². The monoisotopic (exact) mass is 807 g/mol. The Kier molecular flexibility index (Phi) is 12.9. The predicted molar refractivity (Wildman–Crippen MR) is 201 cm³/mol. The number of aliphatic hydroxyl groups is 3. The maximum atomic E-state index is 15.3. The fourth-order valence-corrected chi connectivity index (χ4v) is 9.26. The van der Waals surface area contributed by atoms with Gasteiger partial charge in [0.25, 0.3) is 0 Å². The number of carbonyl (C=O) groups is 6. The van der Waals surface area contributed by atoms with Gasteiger partial charge in [-0.05, 0) is 72.0 Å². The molecule has 0 radical (unpaired) electrons. The van der Waals surface area contributed by atoms with Crippen molar-refractivity contribution < 1.29 is 72.5 Å². The topological polar surface area (TPSA) is 231 Å². The van der Waals surface area contributed by atoms with Crippen LogP contribution in [0.5, 0.6) is 0 Å². The first kappa shape index (κ1) is 45.8. The van der Waals surface area contributed by atoms with E-state index in [1.807, 2.05) is 13.8 Å². The molecule has 0 aromatic heterocycles. The average molecular weight is 808 g/mol. The van der Waals surface area contributed by atoms with E-state index in [1.54, 1.807) is 48.5 Å². The lowest BCUT2D eigenvalue weighted by Crippen LogP contribution is -2.82. The lowest BCUT2D eigenvalue weighted by Gasteiger charge is -2.67. The van der Waals surface area contributed by atoms with Gasteiger partial charge < -0.3 is 49.1 Å². The molecule has 16 heteroatoms. The zero-order valence-corrected chi connectivity index (χ0v) is 35.3. The molecule has 1 heterocycles. The van der Waals surface area contributed by atoms with Gasteiger partial charge in [0.15, 0.2) is 23.6 Å². The Morgan fingerprint density at radius 3 is 2.11 bits per heavy atom. The number of hydrogen-bond donors (Lipinski definition) is 4. The summed E-state index contributed by atoms with van der Waals surface area (Å²) in [4.78, 5) is 81.5. The molecule has 16 nitrogen and oxygen atoms in total. The molecule has 4 rings (SSSR count). The van der Waals surface area contributed by atoms with Gasteiger partial charge in [-0.3, -0.25) is 14.4 Å². The van der Waals surface area contributed by atoms with Gasteiger partial charge in [0.1, 0.15) is 29.5 Å². The van der Waals surface area contributed by atoms with E-state index in [0.29, 0.717) is 5.57 Å². The molecule has 4 N–H and O–H groups in total. The molecule has 4 aliphatic rings. The third-order valence-corrected chi connectivity index (χ3v) is 11.9. The fourth-order valence-electron chi connectivity index (χ4n) is 9.26. The third kappa shape index (κ3) is 8.51. The van der Waals surface area contributed by atoms with Gasteiger partial charge in [0, 0.05) is 38.2 Å². The lowest BCUT2D eigenvalue weighted by atomic mass is 9.44. The molecule has 3 aliphatic carbocycles. The van der Waals surface area contributed by atoms with E-state index in [-0.39, 0.29) is 36.5 Å². The lowest BCUT2D eigenvalue weighted by molar-refractivity contribution is -0.347. The molecule has 320 valence electrons. The van der Waals surface area contributed by atoms with Crippen LogP contribution in [0.15, 0.2) is 22.8 Å². The molecule has 0 aromatic carbocycles. The van der Waals surface area contributed by atoms with Gasteiger partial charge in [-0.1, -0.05) is 33.3 Å². The highest BCUT2D eigenvalue weighted by atomic mass is 16.6. The highest BCUT2D eigenvalue weighted by Crippen LogP contribution is 2.64. The number of fused-ring (bicyclic) bond motifs is 5. The van der Waals surface area contributed by atoms with Gasteiger partial charge in [-0.25, -0.2) is 14.4 Å². The van der Waals surface area contributed by atoms with Crippen LogP contribution in [0.3, 0.4) is 0 Å². The standard InChI is InChI=1S/C41H61NO15/c1-19(2)14-24(42-36(50)57-37(8,9)10)30(47)35(49)54-25-17-41(51)34(55-28(46)15-20(3)4)32-39(13,26(45)16-27-40(32,18-52-27)56-23(7)44)33(48)31(53-22(6)43)29(21(25)5)38(41,11)12/h15,19,24-27,30-32,34,45,47,51H,14,16-18H2,1-13H3,(H,42,50)/t24-,25-,26-,27+,30+,31+,32?,34?,39+,40-,41+/m0/s1. The highest BCUT2D eigenvalue weighted by molar-refractivity contribution is 5.95. The number of esters is 4. The maximum Gasteiger partial charge on any atom is 0.407 e. The molecule has 2 bridgehead atoms. The number of ketones is 1. The summed E-state index contributed by atoms with van der Waals surface area (Å²) in [5.41, 5.74) is -7.87. The fraction of sp³-hybridized carbons (Fsp3) is 0.756. The summed E-state index contributed by atoms with van der Waals surface area (Å²) in [7, 11) is 0. The molecule has 57 heavy (non-hydrogen) atoms. The van der Waals surface area contributed by atoms with Crippen LogP contribution in [0, 0.1) is 22.7 Å². The van der Waals surface area contributed by atoms with Gasteiger partial charge in [-0.2, -0.15) is 0 Å². The minimum atomic E-state index is -2.34. The van der Waals surface area contributed by atoms with Crippen molar-refractivity contribution in [3.05, 3.63) is 22.8 Å². The molecule has 0 spiro atoms. The van der Waals surface area contributed by atoms with Crippen molar-refractivity contribution in [1.82, 2.24) is 5.32 Å². The number of ether oxygens (including phenoxy) is 6. The number of allylic oxidation sites excluding steroid dienone is 1. The number of aliphatic hydroxyl groups excluding tert-OH is 2. The molecule has 1 amide bonds. The SMILES string of the molecule is CC(=O)O[C@H]1C(=O)[C@@]2(C)C(C(OC(=O)C=C(C)C)[C@]3(O)C[C@H](OC(=O)[C@H](O)[C@H](CC(C)C)NC(=O)OC(C)(C)C)C(C)=C1C3(C)C)[C@]1(OC(C)=O)CO[C@@H]1C[C@@H]2O. The second-order valence-electron chi connectivity index (χ2n) is 18.4. The van der Waals surface area contributed by atoms with Crippen molar-refractivity contribution in [3.63, 3.8) is 0 Å². The molecule has 1 aliphatic heterocycles. The van der Waals surface area contributed by atoms with E-state index >= 15 is 4.79 Å². The zero-order chi connectivity index (χ0) is 43.4. The van der Waals surface area contributed by atoms with Crippen LogP contribution in [0.25, 0.3) is 0 Å². The minimum Gasteiger partial charge on any atom is -0.456 e. The number of alkyl carbamates (subject to hydrolysis) is 1. The first-order chi connectivity index (χ1) is 26.0. The van der Waals surface area contributed by atoms with Crippen LogP contribution in [0.1, 0.15) is 109 Å². The zero-order valence-electron chi connectivity index (χ0n) is 35.3. The number of nitrogens with one attached hydrogen (secondary N) is 1. The van der Waals surface area contributed by atoms with Crippen LogP contribution >= 0.6 is 0 Å². The van der Waals surface area contributed by atoms with Gasteiger partial charge in [-0.15, -0.1) is 0 Å². The summed E-state index contributed by atoms with van der Waals surface area (Å²) >= 11 is 0. The average Bonchev–Trinajstić information content (AvgIpc) is 3.03. The van der Waals surface area contributed by atoms with E-state index in [9.17, 15) is 39.3 Å². The number of carbonyl (C=O) groups excluding carboxylic acids is 6. The van der Waals surface area contributed by atoms with Crippen LogP contribution in [0.2, 0.25) is 0 Å². The minimum absolute atomic E-state index is 0.0120. The summed E-state index contributed by atoms with van der Waals surface area (Å²) in [5, 5.41) is 39.3. The van der Waals surface area contributed by atoms with Crippen LogP contribution in [-0.4, -0.2) is 117 Å². The molecule has 3 fully saturated rings. The summed E-state index contributed by atoms with van der Waals surface area (Å²) in [6.07, 6.45) is -9.78. The Morgan fingerprint density at radius 2 is 1.61 bits per heavy atom. The van der Waals surface area contributed by atoms with E-state index in [2.05, 4.69) is 5.32 Å².